The van der Waals surface area contributed by atoms with E-state index in [1.165, 1.54) is 6.26 Å². The first-order valence-corrected chi connectivity index (χ1v) is 9.95. The molecule has 0 fully saturated rings. The zero-order valence-corrected chi connectivity index (χ0v) is 17.2. The SMILES string of the molecule is CC(NC(=O)c1ccccc1NC(=O)COC(=O)CCc1ccco1)c1ccccc1. The van der Waals surface area contributed by atoms with Crippen molar-refractivity contribution in [2.75, 3.05) is 11.9 Å². The number of hydrogen-bond acceptors (Lipinski definition) is 5. The van der Waals surface area contributed by atoms with Gasteiger partial charge in [0, 0.05) is 6.42 Å². The molecule has 1 heterocycles. The van der Waals surface area contributed by atoms with E-state index in [1.54, 1.807) is 36.4 Å². The molecule has 7 heteroatoms. The van der Waals surface area contributed by atoms with Crippen LogP contribution in [0, 0.1) is 0 Å². The highest BCUT2D eigenvalue weighted by Gasteiger charge is 2.16. The van der Waals surface area contributed by atoms with Gasteiger partial charge in [0.1, 0.15) is 5.76 Å². The summed E-state index contributed by atoms with van der Waals surface area (Å²) in [4.78, 5) is 36.8. The first kappa shape index (κ1) is 21.8. The van der Waals surface area contributed by atoms with Crippen LogP contribution in [-0.4, -0.2) is 24.4 Å². The number of carbonyl (C=O) groups is 3. The molecule has 0 bridgehead atoms. The number of ether oxygens (including phenoxy) is 1. The van der Waals surface area contributed by atoms with Gasteiger partial charge in [-0.05, 0) is 36.8 Å². The van der Waals surface area contributed by atoms with Crippen LogP contribution in [0.3, 0.4) is 0 Å². The fourth-order valence-corrected chi connectivity index (χ4v) is 2.97. The highest BCUT2D eigenvalue weighted by molar-refractivity contribution is 6.04. The lowest BCUT2D eigenvalue weighted by Gasteiger charge is -2.16. The number of rotatable bonds is 9. The maximum Gasteiger partial charge on any atom is 0.306 e. The molecule has 0 aliphatic rings. The fraction of sp³-hybridized carbons (Fsp3) is 0.208. The summed E-state index contributed by atoms with van der Waals surface area (Å²) < 4.78 is 10.2. The minimum absolute atomic E-state index is 0.108. The molecule has 0 aliphatic carbocycles. The second-order valence-electron chi connectivity index (χ2n) is 6.94. The van der Waals surface area contributed by atoms with Crippen molar-refractivity contribution in [1.29, 1.82) is 0 Å². The van der Waals surface area contributed by atoms with Gasteiger partial charge in [-0.3, -0.25) is 14.4 Å². The Morgan fingerprint density at radius 2 is 1.71 bits per heavy atom. The van der Waals surface area contributed by atoms with Crippen LogP contribution < -0.4 is 10.6 Å². The van der Waals surface area contributed by atoms with Crippen molar-refractivity contribution < 1.29 is 23.5 Å². The summed E-state index contributed by atoms with van der Waals surface area (Å²) in [6.45, 7) is 1.45. The molecule has 2 amide bonds. The number of aryl methyl sites for hydroxylation is 1. The Labute approximate surface area is 180 Å². The molecule has 2 N–H and O–H groups in total. The lowest BCUT2D eigenvalue weighted by molar-refractivity contribution is -0.147. The first-order valence-electron chi connectivity index (χ1n) is 9.95. The van der Waals surface area contributed by atoms with Gasteiger partial charge in [-0.1, -0.05) is 42.5 Å². The largest absolute Gasteiger partial charge is 0.469 e. The van der Waals surface area contributed by atoms with E-state index in [0.29, 0.717) is 23.4 Å². The summed E-state index contributed by atoms with van der Waals surface area (Å²) in [7, 11) is 0. The van der Waals surface area contributed by atoms with Gasteiger partial charge >= 0.3 is 5.97 Å². The van der Waals surface area contributed by atoms with Gasteiger partial charge < -0.3 is 19.8 Å². The predicted octanol–water partition coefficient (Wildman–Crippen LogP) is 3.89. The number of para-hydroxylation sites is 1. The highest BCUT2D eigenvalue weighted by Crippen LogP contribution is 2.18. The predicted molar refractivity (Wildman–Crippen MR) is 115 cm³/mol. The summed E-state index contributed by atoms with van der Waals surface area (Å²) in [6, 6.07) is 19.6. The Kier molecular flexibility index (Phi) is 7.59. The second kappa shape index (κ2) is 10.8. The number of furan rings is 1. The van der Waals surface area contributed by atoms with E-state index in [0.717, 1.165) is 5.56 Å². The average Bonchev–Trinajstić information content (AvgIpc) is 3.31. The van der Waals surface area contributed by atoms with Gasteiger partial charge in [-0.15, -0.1) is 0 Å². The van der Waals surface area contributed by atoms with E-state index in [2.05, 4.69) is 10.6 Å². The van der Waals surface area contributed by atoms with Crippen molar-refractivity contribution in [3.05, 3.63) is 89.9 Å². The molecule has 0 saturated heterocycles. The zero-order chi connectivity index (χ0) is 22.1. The normalized spacial score (nSPS) is 11.4. The molecule has 0 aliphatic heterocycles. The molecule has 2 aromatic carbocycles. The molecule has 0 saturated carbocycles. The van der Waals surface area contributed by atoms with Crippen molar-refractivity contribution in [2.24, 2.45) is 0 Å². The van der Waals surface area contributed by atoms with Crippen LogP contribution in [0.5, 0.6) is 0 Å². The van der Waals surface area contributed by atoms with Crippen molar-refractivity contribution >= 4 is 23.5 Å². The molecule has 7 nitrogen and oxygen atoms in total. The minimum Gasteiger partial charge on any atom is -0.469 e. The first-order chi connectivity index (χ1) is 15.0. The van der Waals surface area contributed by atoms with Gasteiger partial charge in [0.15, 0.2) is 6.61 Å². The molecule has 160 valence electrons. The molecule has 3 aromatic rings. The van der Waals surface area contributed by atoms with E-state index in [9.17, 15) is 14.4 Å². The van der Waals surface area contributed by atoms with Crippen molar-refractivity contribution in [1.82, 2.24) is 5.32 Å². The Morgan fingerprint density at radius 3 is 2.45 bits per heavy atom. The van der Waals surface area contributed by atoms with Crippen molar-refractivity contribution in [3.8, 4) is 0 Å². The van der Waals surface area contributed by atoms with Crippen molar-refractivity contribution in [3.63, 3.8) is 0 Å². The van der Waals surface area contributed by atoms with E-state index in [-0.39, 0.29) is 18.4 Å². The summed E-state index contributed by atoms with van der Waals surface area (Å²) in [5.74, 6) is -0.675. The molecular formula is C24H24N2O5. The molecule has 1 unspecified atom stereocenters. The minimum atomic E-state index is -0.525. The van der Waals surface area contributed by atoms with E-state index in [1.807, 2.05) is 37.3 Å². The van der Waals surface area contributed by atoms with Crippen LogP contribution in [0.1, 0.15) is 41.1 Å². The number of amides is 2. The second-order valence-corrected chi connectivity index (χ2v) is 6.94. The highest BCUT2D eigenvalue weighted by atomic mass is 16.5. The quantitative estimate of drug-likeness (QED) is 0.512. The van der Waals surface area contributed by atoms with E-state index in [4.69, 9.17) is 9.15 Å². The smallest absolute Gasteiger partial charge is 0.306 e. The molecule has 3 rings (SSSR count). The Morgan fingerprint density at radius 1 is 0.968 bits per heavy atom. The number of hydrogen-bond donors (Lipinski definition) is 2. The third-order valence-corrected chi connectivity index (χ3v) is 4.61. The maximum atomic E-state index is 12.7. The number of benzene rings is 2. The number of nitrogens with one attached hydrogen (secondary N) is 2. The average molecular weight is 420 g/mol. The van der Waals surface area contributed by atoms with Crippen molar-refractivity contribution in [2.45, 2.75) is 25.8 Å². The molecule has 0 spiro atoms. The Balaban J connectivity index is 1.52. The van der Waals surface area contributed by atoms with Crippen LogP contribution in [0.25, 0.3) is 0 Å². The van der Waals surface area contributed by atoms with Crippen LogP contribution in [0.4, 0.5) is 5.69 Å². The molecule has 1 atom stereocenters. The lowest BCUT2D eigenvalue weighted by atomic mass is 10.1. The number of anilines is 1. The van der Waals surface area contributed by atoms with E-state index >= 15 is 0 Å². The summed E-state index contributed by atoms with van der Waals surface area (Å²) in [5.41, 5.74) is 1.64. The fourth-order valence-electron chi connectivity index (χ4n) is 2.97. The number of esters is 1. The summed E-state index contributed by atoms with van der Waals surface area (Å²) in [5, 5.41) is 5.56. The maximum absolute atomic E-state index is 12.7. The monoisotopic (exact) mass is 420 g/mol. The number of carbonyl (C=O) groups excluding carboxylic acids is 3. The Bertz CT molecular complexity index is 1020. The van der Waals surface area contributed by atoms with Crippen LogP contribution in [-0.2, 0) is 20.7 Å². The van der Waals surface area contributed by atoms with Crippen LogP contribution in [0.15, 0.2) is 77.4 Å². The third-order valence-electron chi connectivity index (χ3n) is 4.61. The lowest BCUT2D eigenvalue weighted by Crippen LogP contribution is -2.28. The van der Waals surface area contributed by atoms with Gasteiger partial charge in [0.25, 0.3) is 11.8 Å². The van der Waals surface area contributed by atoms with Crippen LogP contribution in [0.2, 0.25) is 0 Å². The van der Waals surface area contributed by atoms with Crippen LogP contribution >= 0.6 is 0 Å². The van der Waals surface area contributed by atoms with Gasteiger partial charge in [0.2, 0.25) is 0 Å². The topological polar surface area (TPSA) is 97.6 Å². The Hall–Kier alpha value is -3.87. The third kappa shape index (κ3) is 6.57. The summed E-state index contributed by atoms with van der Waals surface area (Å²) >= 11 is 0. The zero-order valence-electron chi connectivity index (χ0n) is 17.2. The standard InChI is InChI=1S/C24H24N2O5/c1-17(18-8-3-2-4-9-18)25-24(29)20-11-5-6-12-21(20)26-22(27)16-31-23(28)14-13-19-10-7-15-30-19/h2-12,15,17H,13-14,16H2,1H3,(H,25,29)(H,26,27). The molecule has 0 radical (unpaired) electrons. The molecule has 31 heavy (non-hydrogen) atoms. The van der Waals surface area contributed by atoms with E-state index < -0.39 is 18.5 Å². The van der Waals surface area contributed by atoms with Gasteiger partial charge in [-0.25, -0.2) is 0 Å². The van der Waals surface area contributed by atoms with Gasteiger partial charge in [-0.2, -0.15) is 0 Å². The molecule has 1 aromatic heterocycles. The molecular weight excluding hydrogens is 396 g/mol. The summed E-state index contributed by atoms with van der Waals surface area (Å²) in [6.07, 6.45) is 2.04. The van der Waals surface area contributed by atoms with Gasteiger partial charge in [0.05, 0.1) is 30.0 Å².